The van der Waals surface area contributed by atoms with Gasteiger partial charge in [0.15, 0.2) is 0 Å². The molecule has 0 aromatic carbocycles. The smallest absolute Gasteiger partial charge is 0.310 e. The highest BCUT2D eigenvalue weighted by atomic mass is 16.5. The van der Waals surface area contributed by atoms with E-state index in [-0.39, 0.29) is 5.97 Å². The van der Waals surface area contributed by atoms with Crippen LogP contribution in [0.4, 0.5) is 0 Å². The Kier molecular flexibility index (Phi) is 12.2. The summed E-state index contributed by atoms with van der Waals surface area (Å²) in [5.41, 5.74) is 0. The largest absolute Gasteiger partial charge is 0.435 e. The van der Waals surface area contributed by atoms with E-state index in [1.807, 2.05) is 19.1 Å². The summed E-state index contributed by atoms with van der Waals surface area (Å²) >= 11 is 0. The molecule has 0 aromatic heterocycles. The molecular weight excluding hydrogens is 212 g/mol. The number of carbonyl (C=O) groups is 1. The lowest BCUT2D eigenvalue weighted by molar-refractivity contribution is -0.138. The lowest BCUT2D eigenvalue weighted by atomic mass is 10.1. The molecule has 0 bridgehead atoms. The van der Waals surface area contributed by atoms with Crippen LogP contribution in [-0.4, -0.2) is 5.97 Å². The second-order valence-electron chi connectivity index (χ2n) is 4.22. The summed E-state index contributed by atoms with van der Waals surface area (Å²) in [6.45, 7) is 5.71. The van der Waals surface area contributed by atoms with E-state index in [4.69, 9.17) is 4.74 Å². The highest BCUT2D eigenvalue weighted by Crippen LogP contribution is 2.09. The van der Waals surface area contributed by atoms with E-state index in [0.29, 0.717) is 6.42 Å². The number of esters is 1. The number of hydrogen-bond donors (Lipinski definition) is 0. The lowest BCUT2D eigenvalue weighted by Gasteiger charge is -2.01. The Labute approximate surface area is 106 Å². The summed E-state index contributed by atoms with van der Waals surface area (Å²) in [5, 5.41) is 0. The van der Waals surface area contributed by atoms with Crippen LogP contribution in [0.3, 0.4) is 0 Å². The van der Waals surface area contributed by atoms with Crippen LogP contribution >= 0.6 is 0 Å². The van der Waals surface area contributed by atoms with Crippen molar-refractivity contribution in [1.82, 2.24) is 0 Å². The van der Waals surface area contributed by atoms with E-state index >= 15 is 0 Å². The minimum Gasteiger partial charge on any atom is -0.435 e. The average Bonchev–Trinajstić information content (AvgIpc) is 2.33. The van der Waals surface area contributed by atoms with Crippen molar-refractivity contribution in [3.63, 3.8) is 0 Å². The van der Waals surface area contributed by atoms with E-state index < -0.39 is 0 Å². The molecule has 0 radical (unpaired) electrons. The number of unbranched alkanes of at least 4 members (excludes halogenated alkanes) is 6. The van der Waals surface area contributed by atoms with Gasteiger partial charge in [0.2, 0.25) is 0 Å². The Morgan fingerprint density at radius 3 is 2.41 bits per heavy atom. The van der Waals surface area contributed by atoms with Gasteiger partial charge in [0.1, 0.15) is 0 Å². The number of ether oxygens (including phenoxy) is 1. The van der Waals surface area contributed by atoms with Crippen LogP contribution in [0.15, 0.2) is 25.0 Å². The molecular formula is C15H26O2. The fourth-order valence-corrected chi connectivity index (χ4v) is 1.54. The SMILES string of the molecule is C=CCCCCCCCCC(=O)O/C=C/CC. The lowest BCUT2D eigenvalue weighted by Crippen LogP contribution is -1.98. The molecule has 0 unspecified atom stereocenters. The van der Waals surface area contributed by atoms with Crippen molar-refractivity contribution in [1.29, 1.82) is 0 Å². The first-order valence-electron chi connectivity index (χ1n) is 6.76. The van der Waals surface area contributed by atoms with Crippen LogP contribution in [-0.2, 0) is 9.53 Å². The quantitative estimate of drug-likeness (QED) is 0.224. The van der Waals surface area contributed by atoms with Crippen molar-refractivity contribution >= 4 is 5.97 Å². The predicted molar refractivity (Wildman–Crippen MR) is 72.7 cm³/mol. The van der Waals surface area contributed by atoms with Crippen molar-refractivity contribution in [3.05, 3.63) is 25.0 Å². The molecule has 0 aliphatic heterocycles. The van der Waals surface area contributed by atoms with Crippen molar-refractivity contribution in [3.8, 4) is 0 Å². The summed E-state index contributed by atoms with van der Waals surface area (Å²) < 4.78 is 4.91. The molecule has 17 heavy (non-hydrogen) atoms. The molecule has 98 valence electrons. The Bertz CT molecular complexity index is 219. The van der Waals surface area contributed by atoms with Crippen LogP contribution in [0.25, 0.3) is 0 Å². The standard InChI is InChI=1S/C15H26O2/c1-3-5-7-8-9-10-11-12-13-15(16)17-14-6-4-2/h3,6,14H,1,4-5,7-13H2,2H3/b14-6+. The Balaban J connectivity index is 3.19. The fourth-order valence-electron chi connectivity index (χ4n) is 1.54. The number of hydrogen-bond acceptors (Lipinski definition) is 2. The van der Waals surface area contributed by atoms with Gasteiger partial charge in [-0.2, -0.15) is 0 Å². The van der Waals surface area contributed by atoms with Crippen molar-refractivity contribution in [2.45, 2.75) is 64.7 Å². The molecule has 0 saturated heterocycles. The molecule has 0 amide bonds. The van der Waals surface area contributed by atoms with Gasteiger partial charge in [-0.1, -0.05) is 38.7 Å². The van der Waals surface area contributed by atoms with Crippen molar-refractivity contribution < 1.29 is 9.53 Å². The molecule has 2 heteroatoms. The number of rotatable bonds is 11. The number of carbonyl (C=O) groups excluding carboxylic acids is 1. The van der Waals surface area contributed by atoms with Crippen LogP contribution in [0, 0.1) is 0 Å². The first-order chi connectivity index (χ1) is 8.31. The molecule has 0 atom stereocenters. The normalized spacial score (nSPS) is 10.6. The van der Waals surface area contributed by atoms with Gasteiger partial charge < -0.3 is 4.74 Å². The minimum absolute atomic E-state index is 0.110. The summed E-state index contributed by atoms with van der Waals surface area (Å²) in [7, 11) is 0. The first kappa shape index (κ1) is 16.0. The van der Waals surface area contributed by atoms with Crippen LogP contribution in [0.5, 0.6) is 0 Å². The van der Waals surface area contributed by atoms with E-state index in [2.05, 4.69) is 6.58 Å². The van der Waals surface area contributed by atoms with Crippen molar-refractivity contribution in [2.75, 3.05) is 0 Å². The van der Waals surface area contributed by atoms with E-state index in [1.165, 1.54) is 31.9 Å². The van der Waals surface area contributed by atoms with E-state index in [1.54, 1.807) is 0 Å². The maximum atomic E-state index is 11.2. The molecule has 0 spiro atoms. The van der Waals surface area contributed by atoms with Crippen LogP contribution in [0.2, 0.25) is 0 Å². The fraction of sp³-hybridized carbons (Fsp3) is 0.667. The summed E-state index contributed by atoms with van der Waals surface area (Å²) in [4.78, 5) is 11.2. The van der Waals surface area contributed by atoms with Crippen molar-refractivity contribution in [2.24, 2.45) is 0 Å². The molecule has 0 aromatic rings. The predicted octanol–water partition coefficient (Wildman–Crippen LogP) is 4.76. The highest BCUT2D eigenvalue weighted by Gasteiger charge is 1.99. The topological polar surface area (TPSA) is 26.3 Å². The summed E-state index contributed by atoms with van der Waals surface area (Å²) in [6.07, 6.45) is 14.9. The molecule has 0 aliphatic carbocycles. The molecule has 0 heterocycles. The Hall–Kier alpha value is -1.05. The highest BCUT2D eigenvalue weighted by molar-refractivity contribution is 5.69. The molecule has 0 fully saturated rings. The van der Waals surface area contributed by atoms with Gasteiger partial charge in [-0.3, -0.25) is 4.79 Å². The average molecular weight is 238 g/mol. The number of allylic oxidation sites excluding steroid dienone is 2. The van der Waals surface area contributed by atoms with Gasteiger partial charge in [0.25, 0.3) is 0 Å². The third-order valence-electron chi connectivity index (χ3n) is 2.57. The zero-order chi connectivity index (χ0) is 12.8. The van der Waals surface area contributed by atoms with Gasteiger partial charge in [-0.05, 0) is 31.8 Å². The monoisotopic (exact) mass is 238 g/mol. The van der Waals surface area contributed by atoms with Gasteiger partial charge in [-0.25, -0.2) is 0 Å². The maximum Gasteiger partial charge on any atom is 0.310 e. The first-order valence-corrected chi connectivity index (χ1v) is 6.76. The second kappa shape index (κ2) is 13.0. The Morgan fingerprint density at radius 1 is 1.12 bits per heavy atom. The van der Waals surface area contributed by atoms with E-state index in [9.17, 15) is 4.79 Å². The van der Waals surface area contributed by atoms with Crippen LogP contribution < -0.4 is 0 Å². The molecule has 0 saturated carbocycles. The Morgan fingerprint density at radius 2 is 1.76 bits per heavy atom. The third kappa shape index (κ3) is 12.9. The molecule has 2 nitrogen and oxygen atoms in total. The van der Waals surface area contributed by atoms with Crippen LogP contribution in [0.1, 0.15) is 64.7 Å². The second-order valence-corrected chi connectivity index (χ2v) is 4.22. The summed E-state index contributed by atoms with van der Waals surface area (Å²) in [5.74, 6) is -0.110. The van der Waals surface area contributed by atoms with Gasteiger partial charge >= 0.3 is 5.97 Å². The minimum atomic E-state index is -0.110. The van der Waals surface area contributed by atoms with Gasteiger partial charge in [0, 0.05) is 6.42 Å². The zero-order valence-electron chi connectivity index (χ0n) is 11.1. The molecule has 0 aliphatic rings. The van der Waals surface area contributed by atoms with Gasteiger partial charge in [0.05, 0.1) is 6.26 Å². The van der Waals surface area contributed by atoms with E-state index in [0.717, 1.165) is 25.7 Å². The molecule has 0 rings (SSSR count). The maximum absolute atomic E-state index is 11.2. The van der Waals surface area contributed by atoms with Gasteiger partial charge in [-0.15, -0.1) is 6.58 Å². The third-order valence-corrected chi connectivity index (χ3v) is 2.57. The molecule has 0 N–H and O–H groups in total. The summed E-state index contributed by atoms with van der Waals surface area (Å²) in [6, 6.07) is 0. The zero-order valence-corrected chi connectivity index (χ0v) is 11.1.